The molecule has 0 saturated heterocycles. The monoisotopic (exact) mass is 240 g/mol. The number of nitriles is 1. The lowest BCUT2D eigenvalue weighted by Crippen LogP contribution is -2.15. The highest BCUT2D eigenvalue weighted by Crippen LogP contribution is 2.13. The summed E-state index contributed by atoms with van der Waals surface area (Å²) in [5.41, 5.74) is 1.67. The zero-order valence-electron chi connectivity index (χ0n) is 10.4. The van der Waals surface area contributed by atoms with Crippen molar-refractivity contribution in [3.63, 3.8) is 0 Å². The molecule has 1 heterocycles. The molecule has 3 nitrogen and oxygen atoms in total. The Morgan fingerprint density at radius 1 is 1.33 bits per heavy atom. The van der Waals surface area contributed by atoms with Gasteiger partial charge in [0.25, 0.3) is 0 Å². The van der Waals surface area contributed by atoms with Crippen molar-refractivity contribution in [1.29, 1.82) is 5.26 Å². The average Bonchev–Trinajstić information content (AvgIpc) is 2.90. The predicted octanol–water partition coefficient (Wildman–Crippen LogP) is 3.58. The van der Waals surface area contributed by atoms with Crippen molar-refractivity contribution in [2.24, 2.45) is 0 Å². The summed E-state index contributed by atoms with van der Waals surface area (Å²) in [7, 11) is 0. The van der Waals surface area contributed by atoms with Gasteiger partial charge in [-0.25, -0.2) is 0 Å². The third-order valence-electron chi connectivity index (χ3n) is 2.81. The zero-order chi connectivity index (χ0) is 12.8. The molecule has 1 aromatic carbocycles. The molecule has 2 aromatic rings. The lowest BCUT2D eigenvalue weighted by atomic mass is 10.1. The molecule has 0 radical (unpaired) electrons. The van der Waals surface area contributed by atoms with Crippen molar-refractivity contribution in [3.05, 3.63) is 54.0 Å². The zero-order valence-corrected chi connectivity index (χ0v) is 10.4. The Kier molecular flexibility index (Phi) is 4.03. The largest absolute Gasteiger partial charge is 0.469 e. The third-order valence-corrected chi connectivity index (χ3v) is 2.81. The minimum atomic E-state index is 0.337. The minimum Gasteiger partial charge on any atom is -0.469 e. The van der Waals surface area contributed by atoms with Crippen molar-refractivity contribution in [1.82, 2.24) is 0 Å². The first kappa shape index (κ1) is 12.3. The summed E-state index contributed by atoms with van der Waals surface area (Å²) >= 11 is 0. The molecule has 1 atom stereocenters. The SMILES string of the molecule is CC(CCc1ccco1)Nc1cccc(C#N)c1. The number of rotatable bonds is 5. The first-order valence-corrected chi connectivity index (χ1v) is 6.07. The van der Waals surface area contributed by atoms with E-state index in [0.717, 1.165) is 24.3 Å². The van der Waals surface area contributed by atoms with E-state index < -0.39 is 0 Å². The molecule has 2 rings (SSSR count). The molecular formula is C15H16N2O. The van der Waals surface area contributed by atoms with Crippen LogP contribution in [-0.4, -0.2) is 6.04 Å². The highest BCUT2D eigenvalue weighted by molar-refractivity contribution is 5.49. The summed E-state index contributed by atoms with van der Waals surface area (Å²) in [5.74, 6) is 1.01. The second kappa shape index (κ2) is 5.92. The summed E-state index contributed by atoms with van der Waals surface area (Å²) in [5, 5.41) is 12.2. The molecular weight excluding hydrogens is 224 g/mol. The van der Waals surface area contributed by atoms with Gasteiger partial charge in [0.2, 0.25) is 0 Å². The van der Waals surface area contributed by atoms with Crippen LogP contribution >= 0.6 is 0 Å². The van der Waals surface area contributed by atoms with Gasteiger partial charge < -0.3 is 9.73 Å². The molecule has 0 aliphatic rings. The molecule has 1 N–H and O–H groups in total. The fraction of sp³-hybridized carbons (Fsp3) is 0.267. The van der Waals surface area contributed by atoms with Gasteiger partial charge in [-0.3, -0.25) is 0 Å². The van der Waals surface area contributed by atoms with E-state index >= 15 is 0 Å². The predicted molar refractivity (Wildman–Crippen MR) is 71.3 cm³/mol. The van der Waals surface area contributed by atoms with Crippen LogP contribution in [0.1, 0.15) is 24.7 Å². The molecule has 92 valence electrons. The summed E-state index contributed by atoms with van der Waals surface area (Å²) in [6, 6.07) is 13.9. The molecule has 0 amide bonds. The van der Waals surface area contributed by atoms with Crippen molar-refractivity contribution < 1.29 is 4.42 Å². The Morgan fingerprint density at radius 3 is 2.94 bits per heavy atom. The van der Waals surface area contributed by atoms with Crippen LogP contribution < -0.4 is 5.32 Å². The van der Waals surface area contributed by atoms with Crippen LogP contribution in [0.15, 0.2) is 47.1 Å². The molecule has 1 aromatic heterocycles. The van der Waals surface area contributed by atoms with E-state index in [1.807, 2.05) is 30.3 Å². The number of anilines is 1. The second-order valence-corrected chi connectivity index (χ2v) is 4.36. The van der Waals surface area contributed by atoms with E-state index in [1.54, 1.807) is 12.3 Å². The lowest BCUT2D eigenvalue weighted by Gasteiger charge is -2.14. The maximum atomic E-state index is 8.83. The van der Waals surface area contributed by atoms with Crippen LogP contribution in [0.5, 0.6) is 0 Å². The number of benzene rings is 1. The van der Waals surface area contributed by atoms with Gasteiger partial charge >= 0.3 is 0 Å². The van der Waals surface area contributed by atoms with Gasteiger partial charge in [-0.2, -0.15) is 5.26 Å². The first-order valence-electron chi connectivity index (χ1n) is 6.07. The Morgan fingerprint density at radius 2 is 2.22 bits per heavy atom. The number of hydrogen-bond acceptors (Lipinski definition) is 3. The number of nitrogens with one attached hydrogen (secondary N) is 1. The summed E-state index contributed by atoms with van der Waals surface area (Å²) in [6.45, 7) is 2.13. The lowest BCUT2D eigenvalue weighted by molar-refractivity contribution is 0.495. The fourth-order valence-corrected chi connectivity index (χ4v) is 1.85. The van der Waals surface area contributed by atoms with Crippen molar-refractivity contribution in [3.8, 4) is 6.07 Å². The number of hydrogen-bond donors (Lipinski definition) is 1. The van der Waals surface area contributed by atoms with Crippen LogP contribution in [0.2, 0.25) is 0 Å². The Labute approximate surface area is 107 Å². The van der Waals surface area contributed by atoms with Crippen molar-refractivity contribution >= 4 is 5.69 Å². The molecule has 18 heavy (non-hydrogen) atoms. The standard InChI is InChI=1S/C15H16N2O/c1-12(7-8-15-6-3-9-18-15)17-14-5-2-4-13(10-14)11-16/h2-6,9-10,12,17H,7-8H2,1H3. The topological polar surface area (TPSA) is 49.0 Å². The van der Waals surface area contributed by atoms with Gasteiger partial charge in [-0.1, -0.05) is 6.07 Å². The van der Waals surface area contributed by atoms with E-state index in [0.29, 0.717) is 11.6 Å². The van der Waals surface area contributed by atoms with E-state index in [1.165, 1.54) is 0 Å². The number of aryl methyl sites for hydroxylation is 1. The van der Waals surface area contributed by atoms with Gasteiger partial charge in [-0.05, 0) is 43.7 Å². The number of furan rings is 1. The summed E-state index contributed by atoms with van der Waals surface area (Å²) < 4.78 is 5.30. The van der Waals surface area contributed by atoms with Gasteiger partial charge in [-0.15, -0.1) is 0 Å². The van der Waals surface area contributed by atoms with Gasteiger partial charge in [0, 0.05) is 18.2 Å². The Hall–Kier alpha value is -2.21. The summed E-state index contributed by atoms with van der Waals surface area (Å²) in [4.78, 5) is 0. The van der Waals surface area contributed by atoms with Gasteiger partial charge in [0.15, 0.2) is 0 Å². The molecule has 0 fully saturated rings. The molecule has 0 aliphatic heterocycles. The quantitative estimate of drug-likeness (QED) is 0.868. The number of nitrogens with zero attached hydrogens (tertiary/aromatic N) is 1. The van der Waals surface area contributed by atoms with E-state index in [-0.39, 0.29) is 0 Å². The van der Waals surface area contributed by atoms with Crippen molar-refractivity contribution in [2.75, 3.05) is 5.32 Å². The summed E-state index contributed by atoms with van der Waals surface area (Å²) in [6.07, 6.45) is 3.60. The maximum Gasteiger partial charge on any atom is 0.103 e. The van der Waals surface area contributed by atoms with E-state index in [2.05, 4.69) is 18.3 Å². The van der Waals surface area contributed by atoms with Crippen LogP contribution in [0.25, 0.3) is 0 Å². The normalized spacial score (nSPS) is 11.8. The molecule has 0 saturated carbocycles. The Bertz CT molecular complexity index is 526. The molecule has 0 bridgehead atoms. The second-order valence-electron chi connectivity index (χ2n) is 4.36. The third kappa shape index (κ3) is 3.39. The minimum absolute atomic E-state index is 0.337. The maximum absolute atomic E-state index is 8.83. The van der Waals surface area contributed by atoms with E-state index in [4.69, 9.17) is 9.68 Å². The molecule has 0 spiro atoms. The molecule has 1 unspecified atom stereocenters. The highest BCUT2D eigenvalue weighted by atomic mass is 16.3. The van der Waals surface area contributed by atoms with Crippen LogP contribution in [0.4, 0.5) is 5.69 Å². The van der Waals surface area contributed by atoms with Gasteiger partial charge in [0.05, 0.1) is 17.9 Å². The van der Waals surface area contributed by atoms with Crippen LogP contribution in [-0.2, 0) is 6.42 Å². The van der Waals surface area contributed by atoms with E-state index in [9.17, 15) is 0 Å². The highest BCUT2D eigenvalue weighted by Gasteiger charge is 2.04. The van der Waals surface area contributed by atoms with Crippen LogP contribution in [0, 0.1) is 11.3 Å². The van der Waals surface area contributed by atoms with Crippen LogP contribution in [0.3, 0.4) is 0 Å². The van der Waals surface area contributed by atoms with Crippen molar-refractivity contribution in [2.45, 2.75) is 25.8 Å². The van der Waals surface area contributed by atoms with Gasteiger partial charge in [0.1, 0.15) is 5.76 Å². The Balaban J connectivity index is 1.87. The fourth-order valence-electron chi connectivity index (χ4n) is 1.85. The molecule has 0 aliphatic carbocycles. The first-order chi connectivity index (χ1) is 8.78. The smallest absolute Gasteiger partial charge is 0.103 e. The average molecular weight is 240 g/mol. The molecule has 3 heteroatoms.